The fraction of sp³-hybridized carbons (Fsp3) is 0.167. The maximum Gasteiger partial charge on any atom is 0.343 e. The molecule has 1 N–H and O–H groups in total. The number of methoxy groups -OCH3 is 1. The molecule has 0 bridgehead atoms. The Bertz CT molecular complexity index is 883. The van der Waals surface area contributed by atoms with Crippen LogP contribution in [0, 0.1) is 48.8 Å². The number of aryl methyl sites for hydroxylation is 1. The van der Waals surface area contributed by atoms with Crippen molar-refractivity contribution < 1.29 is 64.2 Å². The standard InChI is InChI=1S/C18H15O7.La/c1-11-9-25-18(22)16(17(11)21)14(19)7-6-12-4-3-5-13(8-12)24-10-15(20)23-2;/h3-8,21H,10H2,1-2H3;/q-1;/b7-6+;. The third-order valence-corrected chi connectivity index (χ3v) is 3.21. The molecule has 26 heavy (non-hydrogen) atoms. The van der Waals surface area contributed by atoms with E-state index in [9.17, 15) is 19.5 Å². The molecule has 0 aliphatic rings. The number of carbonyl (C=O) groups excluding carboxylic acids is 2. The molecule has 2 rings (SSSR count). The van der Waals surface area contributed by atoms with Gasteiger partial charge >= 0.3 is 5.97 Å². The van der Waals surface area contributed by atoms with Gasteiger partial charge in [0.15, 0.2) is 12.4 Å². The minimum Gasteiger partial charge on any atom is -0.564 e. The zero-order valence-corrected chi connectivity index (χ0v) is 17.8. The first-order chi connectivity index (χ1) is 11.9. The number of esters is 1. The van der Waals surface area contributed by atoms with Crippen molar-refractivity contribution in [1.82, 2.24) is 0 Å². The van der Waals surface area contributed by atoms with Crippen LogP contribution >= 0.6 is 0 Å². The van der Waals surface area contributed by atoms with Gasteiger partial charge < -0.3 is 23.8 Å². The van der Waals surface area contributed by atoms with Gasteiger partial charge in [0, 0.05) is 53.2 Å². The minimum absolute atomic E-state index is 0. The fourth-order valence-electron chi connectivity index (χ4n) is 1.89. The Morgan fingerprint density at radius 2 is 2.08 bits per heavy atom. The Balaban J connectivity index is 0.00000338. The maximum absolute atomic E-state index is 12.1. The molecule has 0 amide bonds. The van der Waals surface area contributed by atoms with Crippen molar-refractivity contribution in [3.05, 3.63) is 63.7 Å². The molecule has 0 spiro atoms. The van der Waals surface area contributed by atoms with E-state index in [0.717, 1.165) is 6.08 Å². The van der Waals surface area contributed by atoms with Gasteiger partial charge in [-0.25, -0.2) is 4.79 Å². The average molecular weight is 482 g/mol. The molecule has 1 aromatic heterocycles. The van der Waals surface area contributed by atoms with E-state index in [4.69, 9.17) is 4.74 Å². The van der Waals surface area contributed by atoms with E-state index in [2.05, 4.69) is 15.4 Å². The summed E-state index contributed by atoms with van der Waals surface area (Å²) in [4.78, 5) is 34.8. The number of ketones is 1. The fourth-order valence-corrected chi connectivity index (χ4v) is 1.89. The van der Waals surface area contributed by atoms with Crippen LogP contribution in [0.4, 0.5) is 0 Å². The largest absolute Gasteiger partial charge is 0.564 e. The van der Waals surface area contributed by atoms with Crippen molar-refractivity contribution in [1.29, 1.82) is 0 Å². The van der Waals surface area contributed by atoms with Crippen molar-refractivity contribution in [3.63, 3.8) is 0 Å². The smallest absolute Gasteiger partial charge is 0.343 e. The summed E-state index contributed by atoms with van der Waals surface area (Å²) in [6.45, 7) is 1.22. The normalized spacial score (nSPS) is 10.2. The van der Waals surface area contributed by atoms with Gasteiger partial charge in [-0.05, 0) is 23.8 Å². The van der Waals surface area contributed by atoms with Gasteiger partial charge in [0.25, 0.3) is 0 Å². The van der Waals surface area contributed by atoms with E-state index in [0.29, 0.717) is 11.3 Å². The van der Waals surface area contributed by atoms with Gasteiger partial charge in [-0.15, -0.1) is 0 Å². The quantitative estimate of drug-likeness (QED) is 0.291. The number of hydrogen-bond acceptors (Lipinski definition) is 7. The molecule has 0 aliphatic carbocycles. The van der Waals surface area contributed by atoms with Crippen LogP contribution < -0.4 is 10.4 Å². The van der Waals surface area contributed by atoms with Crippen LogP contribution in [0.3, 0.4) is 0 Å². The van der Waals surface area contributed by atoms with Crippen molar-refractivity contribution in [3.8, 4) is 11.5 Å². The summed E-state index contributed by atoms with van der Waals surface area (Å²) in [6.07, 6.45) is 4.78. The van der Waals surface area contributed by atoms with Crippen LogP contribution in [0.2, 0.25) is 0 Å². The molecule has 1 aromatic carbocycles. The predicted octanol–water partition coefficient (Wildman–Crippen LogP) is 1.90. The summed E-state index contributed by atoms with van der Waals surface area (Å²) in [6, 6.07) is 6.60. The second-order valence-electron chi connectivity index (χ2n) is 4.98. The molecular weight excluding hydrogens is 467 g/mol. The van der Waals surface area contributed by atoms with Crippen LogP contribution in [0.5, 0.6) is 11.5 Å². The Kier molecular flexibility index (Phi) is 8.51. The first-order valence-corrected chi connectivity index (χ1v) is 7.19. The molecule has 2 aromatic rings. The Labute approximate surface area is 177 Å². The summed E-state index contributed by atoms with van der Waals surface area (Å²) < 4.78 is 14.3. The number of benzene rings is 1. The molecular formula is C18H15LaO7-. The van der Waals surface area contributed by atoms with Crippen molar-refractivity contribution in [2.75, 3.05) is 13.7 Å². The van der Waals surface area contributed by atoms with E-state index < -0.39 is 28.7 Å². The third-order valence-electron chi connectivity index (χ3n) is 3.21. The zero-order chi connectivity index (χ0) is 18.4. The number of ether oxygens (including phenoxy) is 2. The molecule has 1 heterocycles. The van der Waals surface area contributed by atoms with Crippen LogP contribution in [0.25, 0.3) is 6.08 Å². The molecule has 0 atom stereocenters. The van der Waals surface area contributed by atoms with Gasteiger partial charge in [-0.3, -0.25) is 4.79 Å². The molecule has 7 nitrogen and oxygen atoms in total. The van der Waals surface area contributed by atoms with E-state index in [-0.39, 0.29) is 47.8 Å². The maximum atomic E-state index is 12.1. The Morgan fingerprint density at radius 1 is 1.35 bits per heavy atom. The minimum atomic E-state index is -0.965. The van der Waals surface area contributed by atoms with Crippen LogP contribution in [0.1, 0.15) is 21.5 Å². The average Bonchev–Trinajstić information content (AvgIpc) is 2.61. The van der Waals surface area contributed by atoms with Crippen molar-refractivity contribution in [2.24, 2.45) is 0 Å². The Morgan fingerprint density at radius 3 is 2.77 bits per heavy atom. The van der Waals surface area contributed by atoms with Gasteiger partial charge in [0.05, 0.1) is 7.11 Å². The second-order valence-corrected chi connectivity index (χ2v) is 4.98. The number of allylic oxidation sites excluding steroid dienone is 1. The molecule has 1 radical (unpaired) electrons. The van der Waals surface area contributed by atoms with Gasteiger partial charge in [-0.2, -0.15) is 0 Å². The topological polar surface area (TPSA) is 103 Å². The number of aromatic hydroxyl groups is 1. The first kappa shape index (κ1) is 21.9. The number of hydrogen-bond donors (Lipinski definition) is 1. The summed E-state index contributed by atoms with van der Waals surface area (Å²) in [5.41, 5.74) is -0.660. The number of rotatable bonds is 6. The molecule has 0 saturated heterocycles. The van der Waals surface area contributed by atoms with Gasteiger partial charge in [-0.1, -0.05) is 30.7 Å². The van der Waals surface area contributed by atoms with E-state index in [1.165, 1.54) is 20.1 Å². The first-order valence-electron chi connectivity index (χ1n) is 7.19. The second kappa shape index (κ2) is 10.1. The van der Waals surface area contributed by atoms with E-state index in [1.807, 2.05) is 0 Å². The van der Waals surface area contributed by atoms with Crippen LogP contribution in [0.15, 0.2) is 39.6 Å². The van der Waals surface area contributed by atoms with E-state index >= 15 is 0 Å². The van der Waals surface area contributed by atoms with Gasteiger partial charge in [0.2, 0.25) is 5.63 Å². The summed E-state index contributed by atoms with van der Waals surface area (Å²) in [5.74, 6) is -1.27. The summed E-state index contributed by atoms with van der Waals surface area (Å²) >= 11 is 0. The van der Waals surface area contributed by atoms with Crippen molar-refractivity contribution in [2.45, 2.75) is 6.92 Å². The number of carbonyl (C=O) groups is 2. The monoisotopic (exact) mass is 482 g/mol. The molecule has 0 aliphatic heterocycles. The third kappa shape index (κ3) is 5.69. The van der Waals surface area contributed by atoms with Gasteiger partial charge in [0.1, 0.15) is 5.75 Å². The van der Waals surface area contributed by atoms with Crippen molar-refractivity contribution >= 4 is 17.8 Å². The molecule has 0 fully saturated rings. The molecule has 0 saturated carbocycles. The molecule has 133 valence electrons. The van der Waals surface area contributed by atoms with Crippen LogP contribution in [-0.4, -0.2) is 30.6 Å². The zero-order valence-electron chi connectivity index (χ0n) is 14.1. The Hall–Kier alpha value is -2.16. The van der Waals surface area contributed by atoms with Crippen LogP contribution in [-0.2, 0) is 9.53 Å². The molecule has 8 heteroatoms. The predicted molar refractivity (Wildman–Crippen MR) is 87.5 cm³/mol. The molecule has 0 unspecified atom stereocenters. The summed E-state index contributed by atoms with van der Waals surface area (Å²) in [5, 5.41) is 9.83. The van der Waals surface area contributed by atoms with E-state index in [1.54, 1.807) is 24.3 Å². The SMILES string of the molecule is COC(=O)COc1cccc(/C=C/C(=O)c2c(O)c(C)[c-]oc2=O)c1.[La]. The summed E-state index contributed by atoms with van der Waals surface area (Å²) in [7, 11) is 1.26.